The molecule has 1 aliphatic heterocycles. The Morgan fingerprint density at radius 1 is 1.23 bits per heavy atom. The van der Waals surface area contributed by atoms with Gasteiger partial charge in [0.25, 0.3) is 0 Å². The average Bonchev–Trinajstić information content (AvgIpc) is 3.14. The first kappa shape index (κ1) is 20.0. The number of halogens is 1. The number of hydrogen-bond acceptors (Lipinski definition) is 6. The summed E-state index contributed by atoms with van der Waals surface area (Å²) in [6.45, 7) is 2.81. The number of carbonyl (C=O) groups is 1. The lowest BCUT2D eigenvalue weighted by Crippen LogP contribution is -2.36. The van der Waals surface area contributed by atoms with Crippen LogP contribution >= 0.6 is 0 Å². The van der Waals surface area contributed by atoms with Gasteiger partial charge in [0.1, 0.15) is 18.2 Å². The van der Waals surface area contributed by atoms with E-state index in [1.54, 1.807) is 6.07 Å². The van der Waals surface area contributed by atoms with Crippen molar-refractivity contribution in [3.8, 4) is 11.8 Å². The number of imidazole rings is 1. The maximum Gasteiger partial charge on any atom is 0.330 e. The quantitative estimate of drug-likeness (QED) is 0.625. The molecule has 2 aromatic carbocycles. The second-order valence-electron chi connectivity index (χ2n) is 6.72. The summed E-state index contributed by atoms with van der Waals surface area (Å²) < 4.78 is 32.2. The van der Waals surface area contributed by atoms with Crippen molar-refractivity contribution in [1.29, 1.82) is 0 Å². The molecule has 1 N–H and O–H groups in total. The van der Waals surface area contributed by atoms with E-state index in [2.05, 4.69) is 10.3 Å². The third-order valence-corrected chi connectivity index (χ3v) is 4.82. The van der Waals surface area contributed by atoms with Crippen molar-refractivity contribution >= 4 is 22.8 Å². The van der Waals surface area contributed by atoms with Crippen molar-refractivity contribution < 1.29 is 23.4 Å². The molecular weight excluding hydrogens is 391 g/mol. The Hall–Kier alpha value is -3.33. The number of fused-ring (bicyclic) bond motifs is 1. The zero-order valence-corrected chi connectivity index (χ0v) is 16.6. The van der Waals surface area contributed by atoms with Gasteiger partial charge in [-0.1, -0.05) is 18.2 Å². The number of morpholine rings is 1. The molecule has 1 fully saturated rings. The smallest absolute Gasteiger partial charge is 0.330 e. The number of hydrogen-bond donors (Lipinski definition) is 1. The minimum Gasteiger partial charge on any atom is -0.492 e. The molecule has 1 aliphatic rings. The van der Waals surface area contributed by atoms with Gasteiger partial charge in [-0.15, -0.1) is 0 Å². The van der Waals surface area contributed by atoms with Gasteiger partial charge < -0.3 is 24.4 Å². The molecule has 0 radical (unpaired) electrons. The molecule has 1 saturated heterocycles. The number of nitrogens with zero attached hydrogens (tertiary/aromatic N) is 3. The third-order valence-electron chi connectivity index (χ3n) is 4.82. The van der Waals surface area contributed by atoms with Crippen LogP contribution in [0.25, 0.3) is 11.0 Å². The highest BCUT2D eigenvalue weighted by Gasteiger charge is 2.22. The SMILES string of the molecule is COc1nc2cc(F)c(N3CCOCC3)cc2n1C(=O)NCCOc1ccccc1. The Kier molecular flexibility index (Phi) is 5.99. The van der Waals surface area contributed by atoms with Crippen LogP contribution in [0, 0.1) is 5.82 Å². The molecule has 1 amide bonds. The number of nitrogens with one attached hydrogen (secondary N) is 1. The van der Waals surface area contributed by atoms with Crippen molar-refractivity contribution in [2.24, 2.45) is 0 Å². The number of para-hydroxylation sites is 1. The predicted molar refractivity (Wildman–Crippen MR) is 110 cm³/mol. The van der Waals surface area contributed by atoms with Crippen LogP contribution in [0.5, 0.6) is 11.8 Å². The molecule has 4 rings (SSSR count). The van der Waals surface area contributed by atoms with Crippen molar-refractivity contribution in [1.82, 2.24) is 14.9 Å². The minimum absolute atomic E-state index is 0.0880. The van der Waals surface area contributed by atoms with E-state index < -0.39 is 11.8 Å². The van der Waals surface area contributed by atoms with Crippen LogP contribution in [0.4, 0.5) is 14.9 Å². The second-order valence-corrected chi connectivity index (χ2v) is 6.72. The highest BCUT2D eigenvalue weighted by atomic mass is 19.1. The summed E-state index contributed by atoms with van der Waals surface area (Å²) in [6, 6.07) is 12.0. The molecule has 158 valence electrons. The molecule has 1 aromatic heterocycles. The molecule has 0 bridgehead atoms. The fraction of sp³-hybridized carbons (Fsp3) is 0.333. The second kappa shape index (κ2) is 9.00. The van der Waals surface area contributed by atoms with E-state index >= 15 is 0 Å². The van der Waals surface area contributed by atoms with Crippen LogP contribution in [0.1, 0.15) is 0 Å². The van der Waals surface area contributed by atoms with Gasteiger partial charge in [-0.25, -0.2) is 13.8 Å². The number of ether oxygens (including phenoxy) is 3. The van der Waals surface area contributed by atoms with E-state index in [4.69, 9.17) is 14.2 Å². The highest BCUT2D eigenvalue weighted by molar-refractivity contribution is 5.92. The van der Waals surface area contributed by atoms with Gasteiger partial charge >= 0.3 is 12.0 Å². The maximum absolute atomic E-state index is 14.7. The fourth-order valence-corrected chi connectivity index (χ4v) is 3.37. The molecule has 0 atom stereocenters. The van der Waals surface area contributed by atoms with Crippen LogP contribution in [-0.2, 0) is 4.74 Å². The standard InChI is InChI=1S/C21H23FN4O4/c1-28-21-24-17-13-16(22)18(25-8-11-29-12-9-25)14-19(17)26(21)20(27)23-7-10-30-15-5-3-2-4-6-15/h2-6,13-14H,7-12H2,1H3,(H,23,27). The predicted octanol–water partition coefficient (Wildman–Crippen LogP) is 2.66. The lowest BCUT2D eigenvalue weighted by atomic mass is 10.2. The van der Waals surface area contributed by atoms with Gasteiger partial charge in [-0.3, -0.25) is 0 Å². The van der Waals surface area contributed by atoms with Gasteiger partial charge in [0.15, 0.2) is 0 Å². The Morgan fingerprint density at radius 2 is 2.00 bits per heavy atom. The molecule has 0 saturated carbocycles. The Labute approximate surface area is 173 Å². The van der Waals surface area contributed by atoms with E-state index in [0.717, 1.165) is 5.75 Å². The van der Waals surface area contributed by atoms with Crippen LogP contribution in [0.3, 0.4) is 0 Å². The van der Waals surface area contributed by atoms with Gasteiger partial charge in [-0.05, 0) is 18.2 Å². The number of amides is 1. The van der Waals surface area contributed by atoms with Crippen molar-refractivity contribution in [3.63, 3.8) is 0 Å². The van der Waals surface area contributed by atoms with E-state index in [1.165, 1.54) is 17.7 Å². The minimum atomic E-state index is -0.425. The largest absolute Gasteiger partial charge is 0.492 e. The van der Waals surface area contributed by atoms with E-state index in [-0.39, 0.29) is 12.6 Å². The summed E-state index contributed by atoms with van der Waals surface area (Å²) in [5.74, 6) is 0.330. The van der Waals surface area contributed by atoms with Gasteiger partial charge in [0.2, 0.25) is 0 Å². The summed E-state index contributed by atoms with van der Waals surface area (Å²) in [5, 5.41) is 2.79. The first-order valence-electron chi connectivity index (χ1n) is 9.72. The zero-order chi connectivity index (χ0) is 20.9. The van der Waals surface area contributed by atoms with Crippen LogP contribution in [-0.4, -0.2) is 62.1 Å². The molecule has 0 aliphatic carbocycles. The lowest BCUT2D eigenvalue weighted by molar-refractivity contribution is 0.122. The summed E-state index contributed by atoms with van der Waals surface area (Å²) in [5.41, 5.74) is 1.23. The number of carbonyl (C=O) groups excluding carboxylic acids is 1. The maximum atomic E-state index is 14.7. The van der Waals surface area contributed by atoms with Crippen LogP contribution < -0.4 is 19.7 Å². The number of aromatic nitrogens is 2. The summed E-state index contributed by atoms with van der Waals surface area (Å²) in [6.07, 6.45) is 0. The molecule has 0 unspecified atom stereocenters. The van der Waals surface area contributed by atoms with Gasteiger partial charge in [-0.2, -0.15) is 4.98 Å². The first-order valence-corrected chi connectivity index (χ1v) is 9.72. The number of rotatable bonds is 6. The van der Waals surface area contributed by atoms with Gasteiger partial charge in [0, 0.05) is 19.2 Å². The van der Waals surface area contributed by atoms with Crippen molar-refractivity contribution in [2.75, 3.05) is 51.5 Å². The number of benzene rings is 2. The summed E-state index contributed by atoms with van der Waals surface area (Å²) in [4.78, 5) is 19.0. The summed E-state index contributed by atoms with van der Waals surface area (Å²) >= 11 is 0. The number of methoxy groups -OCH3 is 1. The van der Waals surface area contributed by atoms with Crippen LogP contribution in [0.2, 0.25) is 0 Å². The van der Waals surface area contributed by atoms with E-state index in [9.17, 15) is 9.18 Å². The summed E-state index contributed by atoms with van der Waals surface area (Å²) in [7, 11) is 1.42. The Balaban J connectivity index is 1.53. The van der Waals surface area contributed by atoms with Crippen LogP contribution in [0.15, 0.2) is 42.5 Å². The normalized spacial score (nSPS) is 14.0. The molecule has 30 heavy (non-hydrogen) atoms. The van der Waals surface area contributed by atoms with E-state index in [1.807, 2.05) is 35.2 Å². The number of anilines is 1. The molecular formula is C21H23FN4O4. The molecule has 3 aromatic rings. The topological polar surface area (TPSA) is 77.9 Å². The molecule has 8 nitrogen and oxygen atoms in total. The Morgan fingerprint density at radius 3 is 2.73 bits per heavy atom. The molecule has 9 heteroatoms. The van der Waals surface area contributed by atoms with E-state index in [0.29, 0.717) is 49.6 Å². The Bertz CT molecular complexity index is 1020. The van der Waals surface area contributed by atoms with Gasteiger partial charge in [0.05, 0.1) is 43.6 Å². The third kappa shape index (κ3) is 4.16. The average molecular weight is 414 g/mol. The fourth-order valence-electron chi connectivity index (χ4n) is 3.37. The van der Waals surface area contributed by atoms with Crippen molar-refractivity contribution in [2.45, 2.75) is 0 Å². The zero-order valence-electron chi connectivity index (χ0n) is 16.6. The first-order chi connectivity index (χ1) is 14.7. The lowest BCUT2D eigenvalue weighted by Gasteiger charge is -2.29. The molecule has 2 heterocycles. The monoisotopic (exact) mass is 414 g/mol. The highest BCUT2D eigenvalue weighted by Crippen LogP contribution is 2.29. The molecule has 0 spiro atoms. The van der Waals surface area contributed by atoms with Crippen molar-refractivity contribution in [3.05, 3.63) is 48.3 Å².